The van der Waals surface area contributed by atoms with Gasteiger partial charge in [0.25, 0.3) is 0 Å². The molecule has 0 amide bonds. The van der Waals surface area contributed by atoms with Crippen LogP contribution in [0.1, 0.15) is 40.4 Å². The molecule has 6 heteroatoms. The second-order valence-electron chi connectivity index (χ2n) is 6.35. The molecule has 132 valence electrons. The van der Waals surface area contributed by atoms with Crippen molar-refractivity contribution in [2.75, 3.05) is 13.1 Å². The summed E-state index contributed by atoms with van der Waals surface area (Å²) in [4.78, 5) is 17.5. The maximum atomic E-state index is 12.9. The summed E-state index contributed by atoms with van der Waals surface area (Å²) in [7, 11) is 0. The van der Waals surface area contributed by atoms with Crippen LogP contribution in [0.4, 0.5) is 0 Å². The van der Waals surface area contributed by atoms with Gasteiger partial charge in [-0.2, -0.15) is 5.10 Å². The Bertz CT molecular complexity index is 876. The van der Waals surface area contributed by atoms with Crippen molar-refractivity contribution < 1.29 is 4.79 Å². The summed E-state index contributed by atoms with van der Waals surface area (Å²) in [6.45, 7) is 1.66. The smallest absolute Gasteiger partial charge is 0.215 e. The molecule has 1 atom stereocenters. The summed E-state index contributed by atoms with van der Waals surface area (Å²) < 4.78 is 0.962. The fraction of sp³-hybridized carbons (Fsp3) is 0.250. The zero-order chi connectivity index (χ0) is 17.9. The van der Waals surface area contributed by atoms with E-state index in [0.717, 1.165) is 41.1 Å². The van der Waals surface area contributed by atoms with Gasteiger partial charge in [0, 0.05) is 29.5 Å². The minimum Gasteiger partial charge on any atom is -0.355 e. The maximum Gasteiger partial charge on any atom is 0.215 e. The van der Waals surface area contributed by atoms with Crippen molar-refractivity contribution in [1.29, 1.82) is 0 Å². The molecule has 2 aliphatic heterocycles. The number of nitrogens with one attached hydrogen (secondary N) is 1. The third-order valence-corrected chi connectivity index (χ3v) is 5.14. The molecule has 2 aliphatic rings. The van der Waals surface area contributed by atoms with Gasteiger partial charge >= 0.3 is 0 Å². The lowest BCUT2D eigenvalue weighted by atomic mass is 9.93. The van der Waals surface area contributed by atoms with Crippen LogP contribution in [0.5, 0.6) is 0 Å². The number of Topliss-reactive ketones (excluding diaryl/α,β-unsaturated/α-hetero) is 1. The summed E-state index contributed by atoms with van der Waals surface area (Å²) in [6.07, 6.45) is 3.20. The van der Waals surface area contributed by atoms with Crippen molar-refractivity contribution in [3.8, 4) is 0 Å². The maximum absolute atomic E-state index is 12.9. The van der Waals surface area contributed by atoms with Gasteiger partial charge < -0.3 is 5.32 Å². The van der Waals surface area contributed by atoms with E-state index in [0.29, 0.717) is 12.0 Å². The van der Waals surface area contributed by atoms with E-state index in [2.05, 4.69) is 37.4 Å². The van der Waals surface area contributed by atoms with Gasteiger partial charge in [0.2, 0.25) is 5.96 Å². The second-order valence-corrected chi connectivity index (χ2v) is 7.27. The molecule has 0 spiro atoms. The Morgan fingerprint density at radius 1 is 1.19 bits per heavy atom. The molecule has 4 rings (SSSR count). The Hall–Kier alpha value is -2.47. The number of hydrazone groups is 1. The second kappa shape index (κ2) is 7.41. The molecule has 2 aromatic rings. The zero-order valence-corrected chi connectivity index (χ0v) is 15.8. The van der Waals surface area contributed by atoms with Crippen LogP contribution in [0.25, 0.3) is 0 Å². The van der Waals surface area contributed by atoms with E-state index in [-0.39, 0.29) is 11.8 Å². The van der Waals surface area contributed by atoms with Crippen LogP contribution in [0.3, 0.4) is 0 Å². The number of ketones is 1. The first-order chi connectivity index (χ1) is 12.7. The lowest BCUT2D eigenvalue weighted by molar-refractivity contribution is 0.0947. The van der Waals surface area contributed by atoms with Gasteiger partial charge in [-0.3, -0.25) is 9.79 Å². The Morgan fingerprint density at radius 3 is 2.77 bits per heavy atom. The largest absolute Gasteiger partial charge is 0.355 e. The Kier molecular flexibility index (Phi) is 4.84. The minimum atomic E-state index is -0.170. The van der Waals surface area contributed by atoms with E-state index in [9.17, 15) is 4.79 Å². The van der Waals surface area contributed by atoms with E-state index in [1.54, 1.807) is 0 Å². The normalized spacial score (nSPS) is 18.7. The van der Waals surface area contributed by atoms with Crippen LogP contribution >= 0.6 is 15.9 Å². The van der Waals surface area contributed by atoms with Gasteiger partial charge in [0.15, 0.2) is 5.78 Å². The van der Waals surface area contributed by atoms with E-state index in [4.69, 9.17) is 0 Å². The number of nitrogens with zero attached hydrogens (tertiary/aromatic N) is 3. The number of guanidine groups is 1. The highest BCUT2D eigenvalue weighted by atomic mass is 79.9. The van der Waals surface area contributed by atoms with Gasteiger partial charge in [-0.05, 0) is 29.7 Å². The standard InChI is InChI=1S/C20H19BrN4O/c21-16-8-6-14(7-9-16)19(26)12-18-17-5-2-1-4-15(17)13-24-25(18)20-22-10-3-11-23-20/h1-2,4-9,13,18H,3,10-12H2,(H,22,23). The number of aliphatic imine (C=N–C) groups is 1. The van der Waals surface area contributed by atoms with Crippen LogP contribution in [0.2, 0.25) is 0 Å². The fourth-order valence-corrected chi connectivity index (χ4v) is 3.53. The first-order valence-corrected chi connectivity index (χ1v) is 9.51. The summed E-state index contributed by atoms with van der Waals surface area (Å²) in [5, 5.41) is 9.77. The van der Waals surface area contributed by atoms with Gasteiger partial charge in [-0.1, -0.05) is 52.3 Å². The van der Waals surface area contributed by atoms with Gasteiger partial charge in [0.05, 0.1) is 12.3 Å². The molecule has 0 fully saturated rings. The van der Waals surface area contributed by atoms with E-state index in [1.165, 1.54) is 0 Å². The molecule has 0 saturated heterocycles. The Labute approximate surface area is 160 Å². The molecule has 1 unspecified atom stereocenters. The highest BCUT2D eigenvalue weighted by molar-refractivity contribution is 9.10. The fourth-order valence-electron chi connectivity index (χ4n) is 3.27. The zero-order valence-electron chi connectivity index (χ0n) is 14.2. The molecular weight excluding hydrogens is 392 g/mol. The predicted octanol–water partition coefficient (Wildman–Crippen LogP) is 3.76. The van der Waals surface area contributed by atoms with Crippen molar-refractivity contribution >= 4 is 33.9 Å². The molecule has 0 aliphatic carbocycles. The van der Waals surface area contributed by atoms with Crippen LogP contribution in [-0.2, 0) is 0 Å². The van der Waals surface area contributed by atoms with Gasteiger partial charge in [-0.25, -0.2) is 5.01 Å². The molecule has 2 aromatic carbocycles. The average Bonchev–Trinajstić information content (AvgIpc) is 2.69. The summed E-state index contributed by atoms with van der Waals surface area (Å²) in [5.74, 6) is 0.839. The molecule has 0 radical (unpaired) electrons. The number of benzene rings is 2. The van der Waals surface area contributed by atoms with Crippen molar-refractivity contribution in [2.45, 2.75) is 18.9 Å². The summed E-state index contributed by atoms with van der Waals surface area (Å²) in [6, 6.07) is 15.4. The van der Waals surface area contributed by atoms with Crippen LogP contribution in [0.15, 0.2) is 63.1 Å². The van der Waals surface area contributed by atoms with E-state index in [1.807, 2.05) is 53.7 Å². The van der Waals surface area contributed by atoms with Crippen molar-refractivity contribution in [3.63, 3.8) is 0 Å². The third-order valence-electron chi connectivity index (χ3n) is 4.61. The summed E-state index contributed by atoms with van der Waals surface area (Å²) in [5.41, 5.74) is 2.86. The number of halogens is 1. The van der Waals surface area contributed by atoms with Crippen molar-refractivity contribution in [2.24, 2.45) is 10.1 Å². The van der Waals surface area contributed by atoms with Crippen LogP contribution in [0, 0.1) is 0 Å². The summed E-state index contributed by atoms with van der Waals surface area (Å²) >= 11 is 3.41. The minimum absolute atomic E-state index is 0.0933. The molecule has 5 nitrogen and oxygen atoms in total. The molecule has 26 heavy (non-hydrogen) atoms. The number of hydrogen-bond acceptors (Lipinski definition) is 5. The molecule has 1 N–H and O–H groups in total. The lowest BCUT2D eigenvalue weighted by Gasteiger charge is -2.34. The lowest BCUT2D eigenvalue weighted by Crippen LogP contribution is -2.45. The number of fused-ring (bicyclic) bond motifs is 1. The van der Waals surface area contributed by atoms with E-state index >= 15 is 0 Å². The van der Waals surface area contributed by atoms with Gasteiger partial charge in [-0.15, -0.1) is 0 Å². The first kappa shape index (κ1) is 17.0. The number of hydrogen-bond donors (Lipinski definition) is 1. The van der Waals surface area contributed by atoms with E-state index < -0.39 is 0 Å². The first-order valence-electron chi connectivity index (χ1n) is 8.71. The number of carbonyl (C=O) groups is 1. The monoisotopic (exact) mass is 410 g/mol. The number of rotatable bonds is 3. The van der Waals surface area contributed by atoms with Crippen LogP contribution < -0.4 is 5.32 Å². The molecule has 0 saturated carbocycles. The quantitative estimate of drug-likeness (QED) is 0.783. The van der Waals surface area contributed by atoms with Crippen LogP contribution in [-0.4, -0.2) is 36.1 Å². The topological polar surface area (TPSA) is 57.1 Å². The molecular formula is C20H19BrN4O. The molecule has 0 aromatic heterocycles. The average molecular weight is 411 g/mol. The highest BCUT2D eigenvalue weighted by Gasteiger charge is 2.31. The van der Waals surface area contributed by atoms with Crippen molar-refractivity contribution in [3.05, 3.63) is 69.7 Å². The third kappa shape index (κ3) is 3.42. The number of carbonyl (C=O) groups excluding carboxylic acids is 1. The molecule has 2 heterocycles. The van der Waals surface area contributed by atoms with Crippen molar-refractivity contribution in [1.82, 2.24) is 10.3 Å². The Morgan fingerprint density at radius 2 is 2.00 bits per heavy atom. The predicted molar refractivity (Wildman–Crippen MR) is 107 cm³/mol. The molecule has 0 bridgehead atoms. The SMILES string of the molecule is O=C(CC1c2ccccc2C=NN1C1=NCCCN1)c1ccc(Br)cc1. The van der Waals surface area contributed by atoms with Gasteiger partial charge in [0.1, 0.15) is 0 Å². The Balaban J connectivity index is 1.66. The highest BCUT2D eigenvalue weighted by Crippen LogP contribution is 2.32.